The van der Waals surface area contributed by atoms with Crippen LogP contribution in [0.25, 0.3) is 10.9 Å². The number of nitrogens with zero attached hydrogens (tertiary/aromatic N) is 2. The molecule has 230 valence electrons. The Labute approximate surface area is 231 Å². The summed E-state index contributed by atoms with van der Waals surface area (Å²) in [5.41, 5.74) is 5.01. The molecule has 1 saturated heterocycles. The van der Waals surface area contributed by atoms with E-state index in [1.54, 1.807) is 10.6 Å². The number of piperazine rings is 1. The lowest BCUT2D eigenvalue weighted by Gasteiger charge is -2.28. The summed E-state index contributed by atoms with van der Waals surface area (Å²) in [6.45, 7) is 5.63. The first-order chi connectivity index (χ1) is 17.0. The number of aromatic carboxylic acids is 3. The summed E-state index contributed by atoms with van der Waals surface area (Å²) in [5, 5.41) is 30.4. The molecule has 0 bridgehead atoms. The maximum Gasteiger partial charge on any atom is 0.341 e. The average Bonchev–Trinajstić information content (AvgIpc) is 2.84. The van der Waals surface area contributed by atoms with Gasteiger partial charge < -0.3 is 68.0 Å². The van der Waals surface area contributed by atoms with Gasteiger partial charge in [-0.15, -0.1) is 0 Å². The number of fused-ring (bicyclic) bond motifs is 1. The van der Waals surface area contributed by atoms with Crippen molar-refractivity contribution in [1.29, 1.82) is 0 Å². The molecule has 1 aromatic heterocycles. The molecule has 16 nitrogen and oxygen atoms in total. The number of benzene rings is 2. The van der Waals surface area contributed by atoms with E-state index in [0.717, 1.165) is 38.3 Å². The standard InChI is InChI=1S/C16H18FN3O3.C8H7NO4.5H2O/c1-2-19-9-11(16(22)23)15(21)10-7-12(17)14(8-13(10)19)20-5-3-18-4-6-20;9-6-2-4(7(10)11)1-5(3-6)8(12)13;;;;;/h7-9,18H,2-6H2,1H3,(H,22,23);1-3H,9H2,(H,10,11)(H,12,13);5*1H2. The van der Waals surface area contributed by atoms with Gasteiger partial charge >= 0.3 is 11.9 Å². The van der Waals surface area contributed by atoms with Crippen molar-refractivity contribution >= 4 is 40.2 Å². The monoisotopic (exact) mass is 590 g/mol. The fourth-order valence-electron chi connectivity index (χ4n) is 3.94. The minimum Gasteiger partial charge on any atom is -0.545 e. The van der Waals surface area contributed by atoms with E-state index >= 15 is 0 Å². The molecule has 1 aliphatic heterocycles. The Kier molecular flexibility index (Phi) is 17.1. The largest absolute Gasteiger partial charge is 0.545 e. The SMILES string of the molecule is CCn1cc(C(=O)O)c(=O)c2cc(F)c(N3CC[NH2+]CC3)cc21.Nc1cc(C(=O)[O-])cc(C(=O)O)c1.O.O.O.O.O. The van der Waals surface area contributed by atoms with Gasteiger partial charge in [-0.3, -0.25) is 4.79 Å². The quantitative estimate of drug-likeness (QED) is 0.207. The third kappa shape index (κ3) is 9.21. The normalized spacial score (nSPS) is 11.5. The number of carboxylic acids is 3. The van der Waals surface area contributed by atoms with E-state index < -0.39 is 29.2 Å². The van der Waals surface area contributed by atoms with E-state index in [1.165, 1.54) is 18.3 Å². The number of nitrogens with two attached hydrogens (primary N) is 2. The number of hydrogen-bond donors (Lipinski definition) is 4. The topological polar surface area (TPSA) is 340 Å². The van der Waals surface area contributed by atoms with Crippen LogP contribution in [0.2, 0.25) is 0 Å². The lowest BCUT2D eigenvalue weighted by molar-refractivity contribution is -0.655. The zero-order valence-electron chi connectivity index (χ0n) is 21.9. The number of carbonyl (C=O) groups is 3. The number of hydrogen-bond acceptors (Lipinski definition) is 7. The minimum atomic E-state index is -1.45. The molecular weight excluding hydrogens is 555 g/mol. The Morgan fingerprint density at radius 1 is 0.951 bits per heavy atom. The zero-order valence-corrected chi connectivity index (χ0v) is 21.9. The number of nitrogen functional groups attached to an aromatic ring is 1. The van der Waals surface area contributed by atoms with Crippen molar-refractivity contribution in [2.75, 3.05) is 36.8 Å². The molecule has 3 aromatic rings. The van der Waals surface area contributed by atoms with Crippen LogP contribution in [-0.4, -0.2) is 86.2 Å². The Balaban J connectivity index is -0.000000704. The lowest BCUT2D eigenvalue weighted by atomic mass is 10.1. The van der Waals surface area contributed by atoms with E-state index in [9.17, 15) is 28.7 Å². The van der Waals surface area contributed by atoms with Gasteiger partial charge in [-0.25, -0.2) is 14.0 Å². The van der Waals surface area contributed by atoms with Gasteiger partial charge in [-0.2, -0.15) is 0 Å². The van der Waals surface area contributed by atoms with E-state index in [1.807, 2.05) is 11.8 Å². The molecule has 4 rings (SSSR count). The Bertz CT molecular complexity index is 1380. The summed E-state index contributed by atoms with van der Waals surface area (Å²) in [5.74, 6) is -4.46. The number of aryl methyl sites for hydroxylation is 1. The van der Waals surface area contributed by atoms with E-state index in [0.29, 0.717) is 17.7 Å². The second kappa shape index (κ2) is 17.1. The van der Waals surface area contributed by atoms with Gasteiger partial charge in [0, 0.05) is 29.4 Å². The Morgan fingerprint density at radius 2 is 1.51 bits per heavy atom. The number of carbonyl (C=O) groups excluding carboxylic acids is 1. The van der Waals surface area contributed by atoms with Gasteiger partial charge in [0.15, 0.2) is 0 Å². The second-order valence-corrected chi connectivity index (χ2v) is 8.07. The molecule has 1 fully saturated rings. The molecule has 16 N–H and O–H groups in total. The highest BCUT2D eigenvalue weighted by molar-refractivity contribution is 5.95. The van der Waals surface area contributed by atoms with Crippen LogP contribution in [0, 0.1) is 5.82 Å². The van der Waals surface area contributed by atoms with Crippen LogP contribution < -0.4 is 26.5 Å². The Hall–Kier alpha value is -4.65. The second-order valence-electron chi connectivity index (χ2n) is 8.07. The molecule has 1 aliphatic rings. The Morgan fingerprint density at radius 3 is 2.00 bits per heavy atom. The summed E-state index contributed by atoms with van der Waals surface area (Å²) < 4.78 is 16.2. The smallest absolute Gasteiger partial charge is 0.341 e. The molecular formula is C24H35FN4O12. The van der Waals surface area contributed by atoms with Gasteiger partial charge in [0.1, 0.15) is 11.4 Å². The minimum absolute atomic E-state index is 0. The molecule has 41 heavy (non-hydrogen) atoms. The first-order valence-electron chi connectivity index (χ1n) is 11.0. The molecule has 17 heteroatoms. The van der Waals surface area contributed by atoms with E-state index in [4.69, 9.17) is 15.9 Å². The van der Waals surface area contributed by atoms with Gasteiger partial charge in [0.05, 0.1) is 48.9 Å². The van der Waals surface area contributed by atoms with Crippen molar-refractivity contribution in [2.45, 2.75) is 13.5 Å². The van der Waals surface area contributed by atoms with Crippen LogP contribution in [-0.2, 0) is 6.54 Å². The lowest BCUT2D eigenvalue weighted by Crippen LogP contribution is -2.89. The summed E-state index contributed by atoms with van der Waals surface area (Å²) in [4.78, 5) is 46.3. The maximum atomic E-state index is 14.5. The van der Waals surface area contributed by atoms with Crippen molar-refractivity contribution in [3.05, 3.63) is 69.3 Å². The van der Waals surface area contributed by atoms with Gasteiger partial charge in [-0.1, -0.05) is 0 Å². The first-order valence-corrected chi connectivity index (χ1v) is 11.0. The van der Waals surface area contributed by atoms with Crippen molar-refractivity contribution in [2.24, 2.45) is 0 Å². The molecule has 0 unspecified atom stereocenters. The number of halogens is 1. The van der Waals surface area contributed by atoms with Crippen LogP contribution >= 0.6 is 0 Å². The fourth-order valence-corrected chi connectivity index (χ4v) is 3.94. The summed E-state index contributed by atoms with van der Waals surface area (Å²) in [7, 11) is 0. The van der Waals surface area contributed by atoms with E-state index in [2.05, 4.69) is 5.32 Å². The van der Waals surface area contributed by atoms with Crippen molar-refractivity contribution in [3.63, 3.8) is 0 Å². The van der Waals surface area contributed by atoms with Gasteiger partial charge in [-0.05, 0) is 37.3 Å². The highest BCUT2D eigenvalue weighted by Gasteiger charge is 2.20. The van der Waals surface area contributed by atoms with Crippen LogP contribution in [0.5, 0.6) is 0 Å². The summed E-state index contributed by atoms with van der Waals surface area (Å²) >= 11 is 0. The molecule has 0 spiro atoms. The summed E-state index contributed by atoms with van der Waals surface area (Å²) in [6.07, 6.45) is 1.33. The van der Waals surface area contributed by atoms with Gasteiger partial charge in [0.25, 0.3) is 0 Å². The number of aromatic nitrogens is 1. The molecule has 0 radical (unpaired) electrons. The van der Waals surface area contributed by atoms with Crippen LogP contribution in [0.4, 0.5) is 15.8 Å². The summed E-state index contributed by atoms with van der Waals surface area (Å²) in [6, 6.07) is 6.14. The predicted octanol–water partition coefficient (Wildman–Crippen LogP) is -4.55. The number of carboxylic acid groups (broad SMARTS) is 3. The zero-order chi connectivity index (χ0) is 26.6. The number of rotatable bonds is 5. The molecule has 0 atom stereocenters. The maximum absolute atomic E-state index is 14.5. The number of anilines is 2. The highest BCUT2D eigenvalue weighted by Crippen LogP contribution is 2.25. The number of quaternary nitrogens is 1. The molecule has 0 saturated carbocycles. The third-order valence-corrected chi connectivity index (χ3v) is 5.70. The van der Waals surface area contributed by atoms with Crippen LogP contribution in [0.3, 0.4) is 0 Å². The first kappa shape index (κ1) is 40.8. The molecule has 2 heterocycles. The molecule has 2 aromatic carbocycles. The van der Waals surface area contributed by atoms with Crippen LogP contribution in [0.15, 0.2) is 41.3 Å². The van der Waals surface area contributed by atoms with E-state index in [-0.39, 0.29) is 55.1 Å². The highest BCUT2D eigenvalue weighted by atomic mass is 19.1. The van der Waals surface area contributed by atoms with Crippen LogP contribution in [0.1, 0.15) is 38.0 Å². The predicted molar refractivity (Wildman–Crippen MR) is 145 cm³/mol. The van der Waals surface area contributed by atoms with Gasteiger partial charge in [0.2, 0.25) is 5.43 Å². The van der Waals surface area contributed by atoms with Crippen molar-refractivity contribution in [1.82, 2.24) is 4.57 Å². The molecule has 0 aliphatic carbocycles. The third-order valence-electron chi connectivity index (χ3n) is 5.70. The molecule has 0 amide bonds. The van der Waals surface area contributed by atoms with Crippen molar-refractivity contribution in [3.8, 4) is 0 Å². The van der Waals surface area contributed by atoms with Crippen molar-refractivity contribution < 1.29 is 66.8 Å². The number of pyridine rings is 1. The fraction of sp³-hybridized carbons (Fsp3) is 0.250. The average molecular weight is 591 g/mol.